The van der Waals surface area contributed by atoms with Crippen molar-refractivity contribution in [2.45, 2.75) is 6.92 Å². The van der Waals surface area contributed by atoms with Gasteiger partial charge >= 0.3 is 0 Å². The molecule has 2 aromatic heterocycles. The summed E-state index contributed by atoms with van der Waals surface area (Å²) in [5, 5.41) is 4.87. The van der Waals surface area contributed by atoms with Gasteiger partial charge in [-0.2, -0.15) is 5.10 Å². The van der Waals surface area contributed by atoms with Crippen LogP contribution in [0.25, 0.3) is 11.0 Å². The molecular weight excluding hydrogens is 242 g/mol. The number of aromatic nitrogens is 2. The Morgan fingerprint density at radius 2 is 2.21 bits per heavy atom. The lowest BCUT2D eigenvalue weighted by Crippen LogP contribution is -2.05. The highest BCUT2D eigenvalue weighted by Gasteiger charge is 2.20. The molecule has 5 nitrogen and oxygen atoms in total. The Morgan fingerprint density at radius 1 is 1.42 bits per heavy atom. The van der Waals surface area contributed by atoms with Crippen molar-refractivity contribution < 1.29 is 9.21 Å². The molecule has 0 bridgehead atoms. The van der Waals surface area contributed by atoms with Crippen LogP contribution in [0.1, 0.15) is 21.7 Å². The predicted molar refractivity (Wildman–Crippen MR) is 72.0 cm³/mol. The van der Waals surface area contributed by atoms with Crippen LogP contribution in [-0.4, -0.2) is 15.6 Å². The van der Waals surface area contributed by atoms with Crippen LogP contribution in [-0.2, 0) is 7.05 Å². The zero-order valence-electron chi connectivity index (χ0n) is 10.7. The molecule has 96 valence electrons. The number of anilines is 1. The SMILES string of the molecule is Cc1cccc2cc(C(=O)c3cnn(C)c3N)oc12. The van der Waals surface area contributed by atoms with Gasteiger partial charge in [-0.1, -0.05) is 18.2 Å². The topological polar surface area (TPSA) is 74.0 Å². The molecular formula is C14H13N3O2. The third-order valence-electron chi connectivity index (χ3n) is 3.19. The maximum atomic E-state index is 12.3. The van der Waals surface area contributed by atoms with E-state index in [-0.39, 0.29) is 11.5 Å². The zero-order chi connectivity index (χ0) is 13.6. The first kappa shape index (κ1) is 11.5. The number of carbonyl (C=O) groups is 1. The van der Waals surface area contributed by atoms with E-state index in [1.165, 1.54) is 10.9 Å². The minimum Gasteiger partial charge on any atom is -0.452 e. The van der Waals surface area contributed by atoms with Crippen LogP contribution < -0.4 is 5.73 Å². The van der Waals surface area contributed by atoms with Crippen LogP contribution in [0.2, 0.25) is 0 Å². The smallest absolute Gasteiger partial charge is 0.233 e. The van der Waals surface area contributed by atoms with E-state index in [0.717, 1.165) is 16.5 Å². The van der Waals surface area contributed by atoms with Gasteiger partial charge in [-0.05, 0) is 18.6 Å². The molecule has 2 N–H and O–H groups in total. The van der Waals surface area contributed by atoms with E-state index in [9.17, 15) is 4.79 Å². The molecule has 0 aliphatic heterocycles. The Labute approximate surface area is 109 Å². The van der Waals surface area contributed by atoms with Gasteiger partial charge in [0.05, 0.1) is 11.8 Å². The van der Waals surface area contributed by atoms with E-state index in [4.69, 9.17) is 10.2 Å². The van der Waals surface area contributed by atoms with Gasteiger partial charge in [0.15, 0.2) is 5.76 Å². The summed E-state index contributed by atoms with van der Waals surface area (Å²) >= 11 is 0. The fourth-order valence-electron chi connectivity index (χ4n) is 2.08. The lowest BCUT2D eigenvalue weighted by atomic mass is 10.1. The maximum absolute atomic E-state index is 12.3. The number of ketones is 1. The number of hydrogen-bond acceptors (Lipinski definition) is 4. The number of nitrogens with zero attached hydrogens (tertiary/aromatic N) is 2. The summed E-state index contributed by atoms with van der Waals surface area (Å²) < 4.78 is 7.10. The van der Waals surface area contributed by atoms with Crippen LogP contribution in [0, 0.1) is 6.92 Å². The number of furan rings is 1. The van der Waals surface area contributed by atoms with Gasteiger partial charge in [0.25, 0.3) is 0 Å². The molecule has 19 heavy (non-hydrogen) atoms. The van der Waals surface area contributed by atoms with Gasteiger partial charge in [0, 0.05) is 12.4 Å². The Hall–Kier alpha value is -2.56. The second kappa shape index (κ2) is 3.98. The molecule has 0 saturated carbocycles. The molecule has 0 radical (unpaired) electrons. The van der Waals surface area contributed by atoms with Crippen molar-refractivity contribution in [1.82, 2.24) is 9.78 Å². The monoisotopic (exact) mass is 255 g/mol. The number of carbonyl (C=O) groups excluding carboxylic acids is 1. The number of rotatable bonds is 2. The van der Waals surface area contributed by atoms with Gasteiger partial charge in [-0.3, -0.25) is 9.48 Å². The molecule has 1 aromatic carbocycles. The number of hydrogen-bond donors (Lipinski definition) is 1. The molecule has 0 saturated heterocycles. The first-order valence-electron chi connectivity index (χ1n) is 5.89. The van der Waals surface area contributed by atoms with Gasteiger partial charge in [0.2, 0.25) is 5.78 Å². The molecule has 2 heterocycles. The number of aryl methyl sites for hydroxylation is 2. The first-order chi connectivity index (χ1) is 9.08. The summed E-state index contributed by atoms with van der Waals surface area (Å²) in [5.41, 5.74) is 7.89. The summed E-state index contributed by atoms with van der Waals surface area (Å²) in [6.45, 7) is 1.94. The largest absolute Gasteiger partial charge is 0.452 e. The second-order valence-corrected chi connectivity index (χ2v) is 4.50. The normalized spacial score (nSPS) is 11.1. The number of fused-ring (bicyclic) bond motifs is 1. The van der Waals surface area contributed by atoms with E-state index >= 15 is 0 Å². The van der Waals surface area contributed by atoms with Crippen molar-refractivity contribution in [3.05, 3.63) is 47.3 Å². The average Bonchev–Trinajstić information content (AvgIpc) is 2.95. The van der Waals surface area contributed by atoms with Crippen molar-refractivity contribution in [3.8, 4) is 0 Å². The van der Waals surface area contributed by atoms with Gasteiger partial charge < -0.3 is 10.2 Å². The number of nitrogen functional groups attached to an aromatic ring is 1. The van der Waals surface area contributed by atoms with Crippen molar-refractivity contribution in [3.63, 3.8) is 0 Å². The van der Waals surface area contributed by atoms with Gasteiger partial charge in [0.1, 0.15) is 11.4 Å². The minimum atomic E-state index is -0.249. The molecule has 0 unspecified atom stereocenters. The van der Waals surface area contributed by atoms with Crippen molar-refractivity contribution in [1.29, 1.82) is 0 Å². The summed E-state index contributed by atoms with van der Waals surface area (Å²) in [4.78, 5) is 12.3. The number of para-hydroxylation sites is 1. The lowest BCUT2D eigenvalue weighted by Gasteiger charge is -1.97. The van der Waals surface area contributed by atoms with Gasteiger partial charge in [-0.15, -0.1) is 0 Å². The van der Waals surface area contributed by atoms with E-state index < -0.39 is 0 Å². The molecule has 0 atom stereocenters. The Bertz CT molecular complexity index is 783. The van der Waals surface area contributed by atoms with Crippen molar-refractivity contribution in [2.75, 3.05) is 5.73 Å². The number of benzene rings is 1. The van der Waals surface area contributed by atoms with Crippen LogP contribution >= 0.6 is 0 Å². The quantitative estimate of drug-likeness (QED) is 0.713. The molecule has 3 rings (SSSR count). The van der Waals surface area contributed by atoms with Crippen LogP contribution in [0.15, 0.2) is 34.9 Å². The molecule has 0 aliphatic carbocycles. The van der Waals surface area contributed by atoms with E-state index in [1.54, 1.807) is 13.1 Å². The third-order valence-corrected chi connectivity index (χ3v) is 3.19. The summed E-state index contributed by atoms with van der Waals surface area (Å²) in [6, 6.07) is 7.52. The molecule has 0 fully saturated rings. The summed E-state index contributed by atoms with van der Waals surface area (Å²) in [6.07, 6.45) is 1.46. The number of nitrogens with two attached hydrogens (primary N) is 1. The standard InChI is InChI=1S/C14H13N3O2/c1-8-4-3-5-9-6-11(19-13(8)9)12(18)10-7-16-17(2)14(10)15/h3-7H,15H2,1-2H3. The Kier molecular flexibility index (Phi) is 2.41. The fraction of sp³-hybridized carbons (Fsp3) is 0.143. The van der Waals surface area contributed by atoms with Crippen LogP contribution in [0.5, 0.6) is 0 Å². The highest BCUT2D eigenvalue weighted by atomic mass is 16.3. The molecule has 0 spiro atoms. The minimum absolute atomic E-state index is 0.249. The summed E-state index contributed by atoms with van der Waals surface area (Å²) in [5.74, 6) is 0.368. The Morgan fingerprint density at radius 3 is 2.84 bits per heavy atom. The van der Waals surface area contributed by atoms with Crippen molar-refractivity contribution in [2.24, 2.45) is 7.05 Å². The first-order valence-corrected chi connectivity index (χ1v) is 5.89. The van der Waals surface area contributed by atoms with E-state index in [1.807, 2.05) is 25.1 Å². The average molecular weight is 255 g/mol. The second-order valence-electron chi connectivity index (χ2n) is 4.50. The third kappa shape index (κ3) is 1.71. The summed E-state index contributed by atoms with van der Waals surface area (Å²) in [7, 11) is 1.69. The fourth-order valence-corrected chi connectivity index (χ4v) is 2.08. The highest BCUT2D eigenvalue weighted by Crippen LogP contribution is 2.25. The molecule has 0 amide bonds. The van der Waals surface area contributed by atoms with Crippen molar-refractivity contribution >= 4 is 22.6 Å². The predicted octanol–water partition coefficient (Wildman–Crippen LogP) is 2.29. The van der Waals surface area contributed by atoms with Crippen LogP contribution in [0.4, 0.5) is 5.82 Å². The van der Waals surface area contributed by atoms with Gasteiger partial charge in [-0.25, -0.2) is 0 Å². The van der Waals surface area contributed by atoms with E-state index in [2.05, 4.69) is 5.10 Å². The molecule has 3 aromatic rings. The maximum Gasteiger partial charge on any atom is 0.233 e. The Balaban J connectivity index is 2.12. The highest BCUT2D eigenvalue weighted by molar-refractivity contribution is 6.11. The zero-order valence-corrected chi connectivity index (χ0v) is 10.7. The lowest BCUT2D eigenvalue weighted by molar-refractivity contribution is 0.101. The van der Waals surface area contributed by atoms with E-state index in [0.29, 0.717) is 11.4 Å². The molecule has 5 heteroatoms. The molecule has 0 aliphatic rings. The van der Waals surface area contributed by atoms with Crippen LogP contribution in [0.3, 0.4) is 0 Å².